The van der Waals surface area contributed by atoms with Crippen molar-refractivity contribution in [1.29, 1.82) is 0 Å². The van der Waals surface area contributed by atoms with Crippen molar-refractivity contribution < 1.29 is 4.42 Å². The Morgan fingerprint density at radius 2 is 2.41 bits per heavy atom. The third kappa shape index (κ3) is 3.11. The zero-order chi connectivity index (χ0) is 12.1. The van der Waals surface area contributed by atoms with E-state index in [0.717, 1.165) is 25.3 Å². The van der Waals surface area contributed by atoms with Gasteiger partial charge in [-0.3, -0.25) is 4.90 Å². The second-order valence-electron chi connectivity index (χ2n) is 4.82. The summed E-state index contributed by atoms with van der Waals surface area (Å²) in [6.45, 7) is 7.87. The van der Waals surface area contributed by atoms with Crippen LogP contribution in [0.3, 0.4) is 0 Å². The minimum atomic E-state index is 0.428. The summed E-state index contributed by atoms with van der Waals surface area (Å²) in [6.07, 6.45) is 5.51. The molecular formula is C14H24N2O. The summed E-state index contributed by atoms with van der Waals surface area (Å²) < 4.78 is 5.57. The van der Waals surface area contributed by atoms with Crippen molar-refractivity contribution >= 4 is 0 Å². The molecule has 1 aromatic heterocycles. The summed E-state index contributed by atoms with van der Waals surface area (Å²) in [5.41, 5.74) is 0. The lowest BCUT2D eigenvalue weighted by molar-refractivity contribution is 0.164. The number of nitrogens with one attached hydrogen (secondary N) is 1. The van der Waals surface area contributed by atoms with Crippen molar-refractivity contribution in [2.24, 2.45) is 0 Å². The molecule has 0 bridgehead atoms. The highest BCUT2D eigenvalue weighted by Gasteiger charge is 2.24. The number of likely N-dealkylation sites (N-methyl/N-ethyl adjacent to an activating group) is 1. The maximum atomic E-state index is 5.57. The minimum Gasteiger partial charge on any atom is -0.468 e. The van der Waals surface area contributed by atoms with Gasteiger partial charge < -0.3 is 9.73 Å². The molecule has 17 heavy (non-hydrogen) atoms. The van der Waals surface area contributed by atoms with E-state index in [1.165, 1.54) is 19.4 Å². The van der Waals surface area contributed by atoms with Gasteiger partial charge in [-0.05, 0) is 44.5 Å². The molecule has 2 rings (SSSR count). The van der Waals surface area contributed by atoms with Crippen molar-refractivity contribution in [2.45, 2.75) is 45.2 Å². The van der Waals surface area contributed by atoms with Gasteiger partial charge in [0.25, 0.3) is 0 Å². The molecular weight excluding hydrogens is 212 g/mol. The highest BCUT2D eigenvalue weighted by molar-refractivity contribution is 5.04. The van der Waals surface area contributed by atoms with E-state index in [-0.39, 0.29) is 0 Å². The van der Waals surface area contributed by atoms with Gasteiger partial charge >= 0.3 is 0 Å². The summed E-state index contributed by atoms with van der Waals surface area (Å²) in [5, 5.41) is 3.57. The van der Waals surface area contributed by atoms with Gasteiger partial charge in [-0.15, -0.1) is 0 Å². The van der Waals surface area contributed by atoms with E-state index < -0.39 is 0 Å². The van der Waals surface area contributed by atoms with E-state index in [9.17, 15) is 0 Å². The quantitative estimate of drug-likeness (QED) is 0.823. The number of nitrogens with zero attached hydrogens (tertiary/aromatic N) is 1. The molecule has 1 aliphatic rings. The molecule has 1 aliphatic heterocycles. The molecule has 0 aromatic carbocycles. The SMILES string of the molecule is CCC(c1ccco1)N(CC)CC1CCCN1. The second kappa shape index (κ2) is 6.22. The standard InChI is InChI=1S/C14H24N2O/c1-3-13(14-8-6-10-17-14)16(4-2)11-12-7-5-9-15-12/h6,8,10,12-13,15H,3-5,7,9,11H2,1-2H3. The van der Waals surface area contributed by atoms with Gasteiger partial charge in [0, 0.05) is 12.6 Å². The van der Waals surface area contributed by atoms with Crippen LogP contribution < -0.4 is 5.32 Å². The first-order chi connectivity index (χ1) is 8.35. The summed E-state index contributed by atoms with van der Waals surface area (Å²) in [7, 11) is 0. The average Bonchev–Trinajstić information content (AvgIpc) is 3.00. The third-order valence-electron chi connectivity index (χ3n) is 3.72. The predicted octanol–water partition coefficient (Wildman–Crippen LogP) is 2.80. The van der Waals surface area contributed by atoms with E-state index >= 15 is 0 Å². The molecule has 1 saturated heterocycles. The molecule has 0 aliphatic carbocycles. The summed E-state index contributed by atoms with van der Waals surface area (Å²) in [6, 6.07) is 5.18. The molecule has 0 amide bonds. The Hall–Kier alpha value is -0.800. The van der Waals surface area contributed by atoms with Gasteiger partial charge in [0.2, 0.25) is 0 Å². The molecule has 1 N–H and O–H groups in total. The lowest BCUT2D eigenvalue weighted by atomic mass is 10.1. The van der Waals surface area contributed by atoms with Crippen LogP contribution in [0.4, 0.5) is 0 Å². The van der Waals surface area contributed by atoms with Crippen molar-refractivity contribution in [1.82, 2.24) is 10.2 Å². The van der Waals surface area contributed by atoms with Crippen molar-refractivity contribution in [3.63, 3.8) is 0 Å². The van der Waals surface area contributed by atoms with E-state index in [1.54, 1.807) is 6.26 Å². The molecule has 1 aromatic rings. The van der Waals surface area contributed by atoms with E-state index in [1.807, 2.05) is 6.07 Å². The van der Waals surface area contributed by atoms with Crippen LogP contribution in [0, 0.1) is 0 Å². The first-order valence-corrected chi connectivity index (χ1v) is 6.86. The number of rotatable bonds is 6. The van der Waals surface area contributed by atoms with Crippen LogP contribution in [-0.4, -0.2) is 30.6 Å². The van der Waals surface area contributed by atoms with Crippen LogP contribution >= 0.6 is 0 Å². The van der Waals surface area contributed by atoms with Crippen LogP contribution in [0.1, 0.15) is 44.9 Å². The van der Waals surface area contributed by atoms with Crippen molar-refractivity contribution in [3.05, 3.63) is 24.2 Å². The Kier molecular flexibility index (Phi) is 4.63. The largest absolute Gasteiger partial charge is 0.468 e. The fourth-order valence-corrected chi connectivity index (χ4v) is 2.79. The molecule has 0 spiro atoms. The van der Waals surface area contributed by atoms with Crippen molar-refractivity contribution in [2.75, 3.05) is 19.6 Å². The number of hydrogen-bond donors (Lipinski definition) is 1. The molecule has 3 nitrogen and oxygen atoms in total. The first-order valence-electron chi connectivity index (χ1n) is 6.86. The molecule has 2 atom stereocenters. The Morgan fingerprint density at radius 1 is 1.53 bits per heavy atom. The van der Waals surface area contributed by atoms with Crippen LogP contribution in [0.15, 0.2) is 22.8 Å². The van der Waals surface area contributed by atoms with Gasteiger partial charge in [0.15, 0.2) is 0 Å². The Bertz CT molecular complexity index is 304. The second-order valence-corrected chi connectivity index (χ2v) is 4.82. The van der Waals surface area contributed by atoms with Crippen molar-refractivity contribution in [3.8, 4) is 0 Å². The average molecular weight is 236 g/mol. The lowest BCUT2D eigenvalue weighted by Crippen LogP contribution is -2.39. The van der Waals surface area contributed by atoms with Gasteiger partial charge in [-0.2, -0.15) is 0 Å². The Balaban J connectivity index is 1.99. The molecule has 96 valence electrons. The van der Waals surface area contributed by atoms with Gasteiger partial charge in [0.05, 0.1) is 12.3 Å². The topological polar surface area (TPSA) is 28.4 Å². The lowest BCUT2D eigenvalue weighted by Gasteiger charge is -2.30. The van der Waals surface area contributed by atoms with Crippen LogP contribution in [-0.2, 0) is 0 Å². The Morgan fingerprint density at radius 3 is 2.94 bits per heavy atom. The predicted molar refractivity (Wildman–Crippen MR) is 70.0 cm³/mol. The molecule has 1 fully saturated rings. The number of furan rings is 1. The maximum absolute atomic E-state index is 5.57. The molecule has 2 heterocycles. The third-order valence-corrected chi connectivity index (χ3v) is 3.72. The van der Waals surface area contributed by atoms with E-state index in [2.05, 4.69) is 30.1 Å². The van der Waals surface area contributed by atoms with Crippen LogP contribution in [0.25, 0.3) is 0 Å². The highest BCUT2D eigenvalue weighted by Crippen LogP contribution is 2.25. The van der Waals surface area contributed by atoms with Crippen LogP contribution in [0.5, 0.6) is 0 Å². The highest BCUT2D eigenvalue weighted by atomic mass is 16.3. The normalized spacial score (nSPS) is 22.2. The number of hydrogen-bond acceptors (Lipinski definition) is 3. The monoisotopic (exact) mass is 236 g/mol. The Labute approximate surface area is 104 Å². The van der Waals surface area contributed by atoms with E-state index in [4.69, 9.17) is 4.42 Å². The van der Waals surface area contributed by atoms with Gasteiger partial charge in [0.1, 0.15) is 5.76 Å². The smallest absolute Gasteiger partial charge is 0.120 e. The first kappa shape index (κ1) is 12.7. The fourth-order valence-electron chi connectivity index (χ4n) is 2.79. The van der Waals surface area contributed by atoms with Gasteiger partial charge in [-0.1, -0.05) is 13.8 Å². The molecule has 0 radical (unpaired) electrons. The molecule has 3 heteroatoms. The fraction of sp³-hybridized carbons (Fsp3) is 0.714. The maximum Gasteiger partial charge on any atom is 0.120 e. The van der Waals surface area contributed by atoms with Gasteiger partial charge in [-0.25, -0.2) is 0 Å². The minimum absolute atomic E-state index is 0.428. The summed E-state index contributed by atoms with van der Waals surface area (Å²) in [4.78, 5) is 2.53. The van der Waals surface area contributed by atoms with Crippen LogP contribution in [0.2, 0.25) is 0 Å². The zero-order valence-electron chi connectivity index (χ0n) is 11.0. The zero-order valence-corrected chi connectivity index (χ0v) is 11.0. The van der Waals surface area contributed by atoms with E-state index in [0.29, 0.717) is 12.1 Å². The molecule has 0 saturated carbocycles. The molecule has 2 unspecified atom stereocenters. The summed E-state index contributed by atoms with van der Waals surface area (Å²) >= 11 is 0. The summed E-state index contributed by atoms with van der Waals surface area (Å²) in [5.74, 6) is 1.10.